The number of aryl methyl sites for hydroxylation is 2. The fraction of sp³-hybridized carbons (Fsp3) is 0.467. The highest BCUT2D eigenvalue weighted by molar-refractivity contribution is 6.40. The first kappa shape index (κ1) is 16.7. The molecule has 1 atom stereocenters. The molecule has 0 radical (unpaired) electrons. The van der Waals surface area contributed by atoms with Crippen molar-refractivity contribution in [3.63, 3.8) is 0 Å². The second-order valence-corrected chi connectivity index (χ2v) is 5.73. The number of hydrogen-bond acceptors (Lipinski definition) is 4. The Kier molecular flexibility index (Phi) is 4.83. The third-order valence-corrected chi connectivity index (χ3v) is 3.74. The van der Waals surface area contributed by atoms with Crippen molar-refractivity contribution in [2.45, 2.75) is 25.8 Å². The molecule has 0 aromatic carbocycles. The number of anilines is 1. The van der Waals surface area contributed by atoms with Gasteiger partial charge >= 0.3 is 11.8 Å². The minimum Gasteiger partial charge on any atom is -0.344 e. The van der Waals surface area contributed by atoms with Gasteiger partial charge in [-0.15, -0.1) is 0 Å². The number of carbonyl (C=O) groups excluding carboxylic acids is 3. The van der Waals surface area contributed by atoms with Gasteiger partial charge in [-0.2, -0.15) is 0 Å². The lowest BCUT2D eigenvalue weighted by atomic mass is 10.1. The molecule has 2 rings (SSSR count). The van der Waals surface area contributed by atoms with E-state index >= 15 is 0 Å². The number of pyridine rings is 1. The molecule has 0 saturated carbocycles. The average Bonchev–Trinajstić information content (AvgIpc) is 2.48. The van der Waals surface area contributed by atoms with Crippen LogP contribution in [0.2, 0.25) is 0 Å². The number of rotatable bonds is 2. The zero-order valence-corrected chi connectivity index (χ0v) is 13.4. The zero-order chi connectivity index (χ0) is 17.1. The molecule has 3 amide bonds. The van der Waals surface area contributed by atoms with E-state index in [0.717, 1.165) is 12.0 Å². The summed E-state index contributed by atoms with van der Waals surface area (Å²) in [5.41, 5.74) is 0.386. The van der Waals surface area contributed by atoms with Crippen molar-refractivity contribution in [2.75, 3.05) is 18.9 Å². The van der Waals surface area contributed by atoms with Crippen LogP contribution in [0.4, 0.5) is 5.69 Å². The van der Waals surface area contributed by atoms with E-state index in [9.17, 15) is 19.2 Å². The number of amides is 3. The molecule has 1 saturated heterocycles. The highest BCUT2D eigenvalue weighted by Gasteiger charge is 2.29. The van der Waals surface area contributed by atoms with Crippen LogP contribution in [0.25, 0.3) is 0 Å². The van der Waals surface area contributed by atoms with E-state index in [1.54, 1.807) is 27.2 Å². The van der Waals surface area contributed by atoms with Crippen molar-refractivity contribution in [3.8, 4) is 0 Å². The Labute approximate surface area is 133 Å². The van der Waals surface area contributed by atoms with E-state index in [0.29, 0.717) is 13.0 Å². The molecule has 1 aromatic heterocycles. The summed E-state index contributed by atoms with van der Waals surface area (Å²) in [6.45, 7) is 2.41. The summed E-state index contributed by atoms with van der Waals surface area (Å²) in [5.74, 6) is -2.11. The Morgan fingerprint density at radius 2 is 1.91 bits per heavy atom. The molecular formula is C15H20N4O4. The summed E-state index contributed by atoms with van der Waals surface area (Å²) >= 11 is 0. The molecule has 124 valence electrons. The Morgan fingerprint density at radius 3 is 2.61 bits per heavy atom. The van der Waals surface area contributed by atoms with Crippen LogP contribution in [-0.4, -0.2) is 46.8 Å². The Bertz CT molecular complexity index is 710. The van der Waals surface area contributed by atoms with Crippen LogP contribution in [0, 0.1) is 6.92 Å². The molecule has 1 aromatic rings. The summed E-state index contributed by atoms with van der Waals surface area (Å²) in [7, 11) is 3.21. The van der Waals surface area contributed by atoms with Crippen LogP contribution in [0.3, 0.4) is 0 Å². The molecule has 23 heavy (non-hydrogen) atoms. The summed E-state index contributed by atoms with van der Waals surface area (Å²) < 4.78 is 1.32. The van der Waals surface area contributed by atoms with Gasteiger partial charge in [0.1, 0.15) is 11.7 Å². The first-order valence-electron chi connectivity index (χ1n) is 7.33. The van der Waals surface area contributed by atoms with Gasteiger partial charge in [0.25, 0.3) is 5.56 Å². The smallest absolute Gasteiger partial charge is 0.313 e. The number of piperidine rings is 1. The van der Waals surface area contributed by atoms with Crippen molar-refractivity contribution in [1.29, 1.82) is 0 Å². The lowest BCUT2D eigenvalue weighted by Gasteiger charge is -2.29. The van der Waals surface area contributed by atoms with Crippen molar-refractivity contribution < 1.29 is 14.4 Å². The third-order valence-electron chi connectivity index (χ3n) is 3.74. The fourth-order valence-corrected chi connectivity index (χ4v) is 2.54. The number of nitrogens with one attached hydrogen (secondary N) is 2. The Balaban J connectivity index is 2.05. The van der Waals surface area contributed by atoms with E-state index in [1.807, 2.05) is 0 Å². The van der Waals surface area contributed by atoms with Crippen molar-refractivity contribution in [2.24, 2.45) is 7.05 Å². The third kappa shape index (κ3) is 3.77. The molecule has 1 unspecified atom stereocenters. The largest absolute Gasteiger partial charge is 0.344 e. The van der Waals surface area contributed by atoms with E-state index in [2.05, 4.69) is 10.6 Å². The number of aromatic nitrogens is 1. The Morgan fingerprint density at radius 1 is 1.22 bits per heavy atom. The monoisotopic (exact) mass is 320 g/mol. The predicted molar refractivity (Wildman–Crippen MR) is 83.9 cm³/mol. The van der Waals surface area contributed by atoms with Gasteiger partial charge in [-0.3, -0.25) is 19.2 Å². The maximum atomic E-state index is 12.0. The molecule has 0 bridgehead atoms. The van der Waals surface area contributed by atoms with Crippen LogP contribution in [-0.2, 0) is 21.4 Å². The highest BCUT2D eigenvalue weighted by Crippen LogP contribution is 2.10. The summed E-state index contributed by atoms with van der Waals surface area (Å²) in [6.07, 6.45) is 2.87. The number of likely N-dealkylation sites (N-methyl/N-ethyl adjacent to an activating group) is 1. The van der Waals surface area contributed by atoms with Gasteiger partial charge in [-0.25, -0.2) is 0 Å². The van der Waals surface area contributed by atoms with Crippen LogP contribution in [0.5, 0.6) is 0 Å². The fourth-order valence-electron chi connectivity index (χ4n) is 2.54. The van der Waals surface area contributed by atoms with Gasteiger partial charge in [0.2, 0.25) is 5.91 Å². The second-order valence-electron chi connectivity index (χ2n) is 5.73. The Hall–Kier alpha value is -2.64. The predicted octanol–water partition coefficient (Wildman–Crippen LogP) is -0.631. The highest BCUT2D eigenvalue weighted by atomic mass is 16.2. The molecule has 8 heteroatoms. The van der Waals surface area contributed by atoms with Gasteiger partial charge in [-0.1, -0.05) is 0 Å². The van der Waals surface area contributed by atoms with Crippen LogP contribution in [0.15, 0.2) is 17.1 Å². The molecular weight excluding hydrogens is 300 g/mol. The first-order valence-corrected chi connectivity index (χ1v) is 7.33. The zero-order valence-electron chi connectivity index (χ0n) is 13.4. The second kappa shape index (κ2) is 6.64. The molecule has 1 aliphatic rings. The molecule has 1 aliphatic heterocycles. The quantitative estimate of drug-likeness (QED) is 0.709. The summed E-state index contributed by atoms with van der Waals surface area (Å²) in [5, 5.41) is 4.71. The minimum atomic E-state index is -0.964. The lowest BCUT2D eigenvalue weighted by Crippen LogP contribution is -2.53. The number of carbonyl (C=O) groups is 3. The first-order chi connectivity index (χ1) is 10.8. The summed E-state index contributed by atoms with van der Waals surface area (Å²) in [4.78, 5) is 49.2. The average molecular weight is 320 g/mol. The standard InChI is InChI=1S/C15H20N4O4/c1-9-7-11(15(23)19(3)8-9)17-13(21)12(20)16-10-5-4-6-18(2)14(10)22/h7-8,10H,4-6H2,1-3H3,(H,16,20)(H,17,21). The van der Waals surface area contributed by atoms with Crippen LogP contribution >= 0.6 is 0 Å². The SMILES string of the molecule is Cc1cc(NC(=O)C(=O)NC2CCCN(C)C2=O)c(=O)n(C)c1. The number of likely N-dealkylation sites (tertiary alicyclic amines) is 1. The van der Waals surface area contributed by atoms with E-state index in [1.165, 1.54) is 15.5 Å². The molecule has 0 spiro atoms. The normalized spacial score (nSPS) is 17.8. The molecule has 2 heterocycles. The topological polar surface area (TPSA) is 101 Å². The van der Waals surface area contributed by atoms with Gasteiger partial charge in [0, 0.05) is 26.8 Å². The van der Waals surface area contributed by atoms with Crippen LogP contribution < -0.4 is 16.2 Å². The number of hydrogen-bond donors (Lipinski definition) is 2. The molecule has 0 aliphatic carbocycles. The van der Waals surface area contributed by atoms with E-state index in [4.69, 9.17) is 0 Å². The molecule has 8 nitrogen and oxygen atoms in total. The maximum Gasteiger partial charge on any atom is 0.313 e. The van der Waals surface area contributed by atoms with E-state index < -0.39 is 23.4 Å². The summed E-state index contributed by atoms with van der Waals surface area (Å²) in [6, 6.07) is 0.792. The maximum absolute atomic E-state index is 12.0. The molecule has 2 N–H and O–H groups in total. The van der Waals surface area contributed by atoms with Gasteiger partial charge in [0.05, 0.1) is 0 Å². The van der Waals surface area contributed by atoms with Crippen molar-refractivity contribution >= 4 is 23.4 Å². The lowest BCUT2D eigenvalue weighted by molar-refractivity contribution is -0.141. The van der Waals surface area contributed by atoms with Crippen molar-refractivity contribution in [1.82, 2.24) is 14.8 Å². The van der Waals surface area contributed by atoms with E-state index in [-0.39, 0.29) is 11.6 Å². The minimum absolute atomic E-state index is 0.0275. The van der Waals surface area contributed by atoms with Crippen molar-refractivity contribution in [3.05, 3.63) is 28.2 Å². The van der Waals surface area contributed by atoms with Gasteiger partial charge in [0.15, 0.2) is 0 Å². The molecule has 1 fully saturated rings. The van der Waals surface area contributed by atoms with Crippen LogP contribution in [0.1, 0.15) is 18.4 Å². The number of nitrogens with zero attached hydrogens (tertiary/aromatic N) is 2. The van der Waals surface area contributed by atoms with Gasteiger partial charge in [-0.05, 0) is 31.4 Å². The van der Waals surface area contributed by atoms with Gasteiger partial charge < -0.3 is 20.1 Å².